The molecule has 13 nitrogen and oxygen atoms in total. The van der Waals surface area contributed by atoms with E-state index >= 15 is 0 Å². The van der Waals surface area contributed by atoms with Crippen LogP contribution in [0, 0.1) is 18.7 Å². The van der Waals surface area contributed by atoms with E-state index in [0.717, 1.165) is 34.9 Å². The van der Waals surface area contributed by atoms with Crippen molar-refractivity contribution in [3.05, 3.63) is 65.9 Å². The standard InChI is InChI=1S/C28H32FN11O2/c1-15-9-23(38-37-15)34-26-21-13-31-39(3)27(21)36-25(35-26)17-5-7-20(22(10-17)42-4)28(41)33-16(2)18-6-8-24(30-11-18)40-14-19(29)12-32-40/h6,8-9,11-14,16-17,20,22H,5,7,10H2,1-4H3,(H,33,41)(H2,34,35,36,37,38)/t16-,17+,20-,22-/m0/s1. The van der Waals surface area contributed by atoms with Gasteiger partial charge in [-0.2, -0.15) is 15.3 Å². The highest BCUT2D eigenvalue weighted by molar-refractivity contribution is 5.88. The van der Waals surface area contributed by atoms with Gasteiger partial charge in [0.15, 0.2) is 23.1 Å². The predicted octanol–water partition coefficient (Wildman–Crippen LogP) is 3.63. The fourth-order valence-electron chi connectivity index (χ4n) is 5.46. The molecule has 0 aromatic carbocycles. The van der Waals surface area contributed by atoms with Crippen molar-refractivity contribution in [2.75, 3.05) is 12.4 Å². The molecule has 218 valence electrons. The molecule has 3 N–H and O–H groups in total. The second-order valence-corrected chi connectivity index (χ2v) is 10.7. The Morgan fingerprint density at radius 1 is 1.19 bits per heavy atom. The number of aromatic amines is 1. The molecule has 5 aromatic heterocycles. The molecule has 1 aliphatic carbocycles. The Balaban J connectivity index is 1.15. The van der Waals surface area contributed by atoms with Crippen molar-refractivity contribution in [3.8, 4) is 5.82 Å². The highest BCUT2D eigenvalue weighted by atomic mass is 19.1. The third-order valence-corrected chi connectivity index (χ3v) is 7.77. The third kappa shape index (κ3) is 5.44. The topological polar surface area (TPSA) is 153 Å². The monoisotopic (exact) mass is 573 g/mol. The van der Waals surface area contributed by atoms with E-state index in [0.29, 0.717) is 36.1 Å². The van der Waals surface area contributed by atoms with E-state index in [4.69, 9.17) is 14.7 Å². The van der Waals surface area contributed by atoms with Crippen LogP contribution in [0.3, 0.4) is 0 Å². The normalized spacial score (nSPS) is 19.6. The number of carbonyl (C=O) groups is 1. The Kier molecular flexibility index (Phi) is 7.37. The third-order valence-electron chi connectivity index (χ3n) is 7.77. The molecule has 0 unspecified atom stereocenters. The lowest BCUT2D eigenvalue weighted by Crippen LogP contribution is -2.42. The molecule has 5 aromatic rings. The fourth-order valence-corrected chi connectivity index (χ4v) is 5.46. The summed E-state index contributed by atoms with van der Waals surface area (Å²) in [6.07, 6.45) is 7.43. The molecule has 0 spiro atoms. The summed E-state index contributed by atoms with van der Waals surface area (Å²) in [7, 11) is 3.48. The van der Waals surface area contributed by atoms with Crippen LogP contribution < -0.4 is 10.6 Å². The van der Waals surface area contributed by atoms with Gasteiger partial charge in [-0.15, -0.1) is 0 Å². The largest absolute Gasteiger partial charge is 0.381 e. The molecule has 6 rings (SSSR count). The Bertz CT molecular complexity index is 1710. The number of methoxy groups -OCH3 is 1. The minimum Gasteiger partial charge on any atom is -0.381 e. The molecular weight excluding hydrogens is 541 g/mol. The Labute approximate surface area is 240 Å². The van der Waals surface area contributed by atoms with E-state index < -0.39 is 5.82 Å². The number of nitrogens with one attached hydrogen (secondary N) is 3. The molecule has 1 aliphatic rings. The van der Waals surface area contributed by atoms with Crippen LogP contribution in [0.2, 0.25) is 0 Å². The molecule has 42 heavy (non-hydrogen) atoms. The number of hydrogen-bond acceptors (Lipinski definition) is 9. The zero-order chi connectivity index (χ0) is 29.4. The summed E-state index contributed by atoms with van der Waals surface area (Å²) in [5, 5.41) is 22.7. The van der Waals surface area contributed by atoms with Crippen molar-refractivity contribution in [2.45, 2.75) is 51.2 Å². The quantitative estimate of drug-likeness (QED) is 0.252. The van der Waals surface area contributed by atoms with E-state index in [-0.39, 0.29) is 29.9 Å². The number of hydrogen-bond donors (Lipinski definition) is 3. The summed E-state index contributed by atoms with van der Waals surface area (Å²) >= 11 is 0. The average molecular weight is 574 g/mol. The summed E-state index contributed by atoms with van der Waals surface area (Å²) in [5.41, 5.74) is 2.48. The minimum atomic E-state index is -0.436. The minimum absolute atomic E-state index is 0.000991. The van der Waals surface area contributed by atoms with Gasteiger partial charge in [0.25, 0.3) is 0 Å². The first-order valence-corrected chi connectivity index (χ1v) is 13.8. The van der Waals surface area contributed by atoms with Gasteiger partial charge in [-0.3, -0.25) is 14.6 Å². The lowest BCUT2D eigenvalue weighted by atomic mass is 9.78. The van der Waals surface area contributed by atoms with Crippen LogP contribution in [-0.2, 0) is 16.6 Å². The van der Waals surface area contributed by atoms with Gasteiger partial charge in [-0.05, 0) is 44.7 Å². The summed E-state index contributed by atoms with van der Waals surface area (Å²) < 4.78 is 22.2. The van der Waals surface area contributed by atoms with E-state index in [1.54, 1.807) is 30.3 Å². The van der Waals surface area contributed by atoms with Gasteiger partial charge < -0.3 is 15.4 Å². The number of pyridine rings is 1. The molecule has 1 fully saturated rings. The summed E-state index contributed by atoms with van der Waals surface area (Å²) in [6.45, 7) is 3.84. The summed E-state index contributed by atoms with van der Waals surface area (Å²) in [4.78, 5) is 27.5. The second kappa shape index (κ2) is 11.3. The number of ether oxygens (including phenoxy) is 1. The zero-order valence-corrected chi connectivity index (χ0v) is 23.7. The highest BCUT2D eigenvalue weighted by Crippen LogP contribution is 2.38. The maximum atomic E-state index is 13.4. The first kappa shape index (κ1) is 27.4. The average Bonchev–Trinajstić information content (AvgIpc) is 3.72. The molecule has 1 amide bonds. The number of aryl methyl sites for hydroxylation is 2. The maximum Gasteiger partial charge on any atom is 0.226 e. The van der Waals surface area contributed by atoms with Gasteiger partial charge in [-0.1, -0.05) is 6.07 Å². The first-order chi connectivity index (χ1) is 20.3. The molecule has 0 aliphatic heterocycles. The SMILES string of the molecule is CO[C@H]1C[C@H](c2nc(Nc3cc(C)[nH]n3)c3cnn(C)c3n2)CC[C@@H]1C(=O)N[C@@H](C)c1ccc(-n2cc(F)cn2)nc1. The number of nitrogens with zero attached hydrogens (tertiary/aromatic N) is 8. The van der Waals surface area contributed by atoms with Crippen LogP contribution in [0.15, 0.2) is 43.0 Å². The van der Waals surface area contributed by atoms with Crippen molar-refractivity contribution in [1.82, 2.24) is 50.0 Å². The van der Waals surface area contributed by atoms with Crippen LogP contribution in [0.25, 0.3) is 16.9 Å². The molecule has 14 heteroatoms. The molecule has 5 heterocycles. The maximum absolute atomic E-state index is 13.4. The van der Waals surface area contributed by atoms with E-state index in [2.05, 4.69) is 36.0 Å². The number of anilines is 2. The van der Waals surface area contributed by atoms with Crippen LogP contribution >= 0.6 is 0 Å². The summed E-state index contributed by atoms with van der Waals surface area (Å²) in [5.74, 6) is 1.63. The van der Waals surface area contributed by atoms with Gasteiger partial charge in [0.2, 0.25) is 5.91 Å². The van der Waals surface area contributed by atoms with Crippen LogP contribution in [0.5, 0.6) is 0 Å². The van der Waals surface area contributed by atoms with E-state index in [1.807, 2.05) is 33.0 Å². The van der Waals surface area contributed by atoms with Gasteiger partial charge in [0.1, 0.15) is 11.6 Å². The van der Waals surface area contributed by atoms with Crippen molar-refractivity contribution >= 4 is 28.6 Å². The number of fused-ring (bicyclic) bond motifs is 1. The molecule has 0 bridgehead atoms. The number of amides is 1. The number of rotatable bonds is 8. The van der Waals surface area contributed by atoms with E-state index in [1.165, 1.54) is 10.9 Å². The lowest BCUT2D eigenvalue weighted by molar-refractivity contribution is -0.132. The molecule has 0 radical (unpaired) electrons. The van der Waals surface area contributed by atoms with Crippen molar-refractivity contribution < 1.29 is 13.9 Å². The number of aromatic nitrogens is 9. The summed E-state index contributed by atoms with van der Waals surface area (Å²) in [6, 6.07) is 5.21. The second-order valence-electron chi connectivity index (χ2n) is 10.7. The van der Waals surface area contributed by atoms with E-state index in [9.17, 15) is 9.18 Å². The van der Waals surface area contributed by atoms with Crippen LogP contribution in [0.1, 0.15) is 55.2 Å². The van der Waals surface area contributed by atoms with Crippen molar-refractivity contribution in [1.29, 1.82) is 0 Å². The van der Waals surface area contributed by atoms with Crippen molar-refractivity contribution in [3.63, 3.8) is 0 Å². The number of carbonyl (C=O) groups excluding carboxylic acids is 1. The first-order valence-electron chi connectivity index (χ1n) is 13.8. The molecule has 0 saturated heterocycles. The fraction of sp³-hybridized carbons (Fsp3) is 0.393. The van der Waals surface area contributed by atoms with Gasteiger partial charge >= 0.3 is 0 Å². The van der Waals surface area contributed by atoms with Crippen LogP contribution in [-0.4, -0.2) is 63.8 Å². The number of halogens is 1. The Morgan fingerprint density at radius 2 is 2.05 bits per heavy atom. The van der Waals surface area contributed by atoms with Crippen molar-refractivity contribution in [2.24, 2.45) is 13.0 Å². The molecule has 1 saturated carbocycles. The smallest absolute Gasteiger partial charge is 0.226 e. The lowest BCUT2D eigenvalue weighted by Gasteiger charge is -2.34. The Morgan fingerprint density at radius 3 is 2.74 bits per heavy atom. The zero-order valence-electron chi connectivity index (χ0n) is 23.7. The number of H-pyrrole nitrogens is 1. The highest BCUT2D eigenvalue weighted by Gasteiger charge is 2.37. The predicted molar refractivity (Wildman–Crippen MR) is 152 cm³/mol. The van der Waals surface area contributed by atoms with Crippen LogP contribution in [0.4, 0.5) is 16.0 Å². The Hall–Kier alpha value is -4.72. The van der Waals surface area contributed by atoms with Gasteiger partial charge in [-0.25, -0.2) is 24.0 Å². The molecular formula is C28H32FN11O2. The van der Waals surface area contributed by atoms with Gasteiger partial charge in [0.05, 0.1) is 42.0 Å². The van der Waals surface area contributed by atoms with Gasteiger partial charge in [0, 0.05) is 38.0 Å². The molecule has 4 atom stereocenters.